The Hall–Kier alpha value is -2.34. The molecule has 0 atom stereocenters. The first-order valence-electron chi connectivity index (χ1n) is 6.87. The monoisotopic (exact) mass is 377 g/mol. The molecule has 2 aromatic carbocycles. The van der Waals surface area contributed by atoms with Crippen molar-refractivity contribution in [2.75, 3.05) is 12.4 Å². The molecule has 5 nitrogen and oxygen atoms in total. The Labute approximate surface area is 142 Å². The molecule has 0 fully saturated rings. The quantitative estimate of drug-likeness (QED) is 0.806. The zero-order chi connectivity index (χ0) is 16.8. The van der Waals surface area contributed by atoms with E-state index in [1.807, 2.05) is 30.3 Å². The molecule has 0 aromatic heterocycles. The predicted octanol–water partition coefficient (Wildman–Crippen LogP) is 4.29. The Kier molecular flexibility index (Phi) is 5.76. The molecule has 0 radical (unpaired) electrons. The maximum atomic E-state index is 11.9. The lowest BCUT2D eigenvalue weighted by Gasteiger charge is -2.11. The highest BCUT2D eigenvalue weighted by Crippen LogP contribution is 2.26. The van der Waals surface area contributed by atoms with Gasteiger partial charge in [-0.05, 0) is 30.2 Å². The molecule has 0 saturated heterocycles. The van der Waals surface area contributed by atoms with Gasteiger partial charge in [0.05, 0.1) is 12.7 Å². The fraction of sp³-hybridized carbons (Fsp3) is 0.176. The Balaban J connectivity index is 2.06. The van der Waals surface area contributed by atoms with Crippen molar-refractivity contribution in [3.63, 3.8) is 0 Å². The lowest BCUT2D eigenvalue weighted by Crippen LogP contribution is -2.14. The van der Waals surface area contributed by atoms with E-state index in [1.54, 1.807) is 19.1 Å². The molecule has 0 heterocycles. The second kappa shape index (κ2) is 7.78. The summed E-state index contributed by atoms with van der Waals surface area (Å²) in [7, 11) is 1.31. The van der Waals surface area contributed by atoms with Crippen molar-refractivity contribution >= 4 is 33.7 Å². The molecule has 1 amide bonds. The number of carbonyl (C=O) groups is 2. The van der Waals surface area contributed by atoms with Crippen LogP contribution in [0.5, 0.6) is 0 Å². The fourth-order valence-electron chi connectivity index (χ4n) is 1.95. The van der Waals surface area contributed by atoms with Gasteiger partial charge in [0.15, 0.2) is 0 Å². The number of halogens is 1. The van der Waals surface area contributed by atoms with Crippen molar-refractivity contribution in [3.8, 4) is 0 Å². The third kappa shape index (κ3) is 4.56. The summed E-state index contributed by atoms with van der Waals surface area (Å²) in [4.78, 5) is 23.6. The van der Waals surface area contributed by atoms with E-state index >= 15 is 0 Å². The van der Waals surface area contributed by atoms with E-state index in [9.17, 15) is 9.59 Å². The van der Waals surface area contributed by atoms with Gasteiger partial charge in [-0.2, -0.15) is 0 Å². The highest BCUT2D eigenvalue weighted by Gasteiger charge is 2.14. The van der Waals surface area contributed by atoms with E-state index in [4.69, 9.17) is 9.47 Å². The van der Waals surface area contributed by atoms with E-state index in [0.29, 0.717) is 15.7 Å². The number of rotatable bonds is 4. The summed E-state index contributed by atoms with van der Waals surface area (Å²) in [6.45, 7) is 1.96. The first-order valence-corrected chi connectivity index (χ1v) is 7.66. The van der Waals surface area contributed by atoms with Crippen LogP contribution in [-0.2, 0) is 16.1 Å². The molecule has 0 aliphatic heterocycles. The maximum absolute atomic E-state index is 11.9. The van der Waals surface area contributed by atoms with Crippen LogP contribution in [0.4, 0.5) is 10.5 Å². The second-order valence-electron chi connectivity index (χ2n) is 4.81. The first-order chi connectivity index (χ1) is 11.0. The van der Waals surface area contributed by atoms with Gasteiger partial charge in [-0.3, -0.25) is 5.32 Å². The van der Waals surface area contributed by atoms with Gasteiger partial charge in [-0.15, -0.1) is 0 Å². The van der Waals surface area contributed by atoms with E-state index in [0.717, 1.165) is 11.1 Å². The average Bonchev–Trinajstić information content (AvgIpc) is 2.56. The Morgan fingerprint density at radius 3 is 2.52 bits per heavy atom. The standard InChI is InChI=1S/C17H16BrNO4/c1-11-14(16(20)22-2)8-13(9-15(11)18)19-17(21)23-10-12-6-4-3-5-7-12/h3-9H,10H2,1-2H3,(H,19,21). The molecule has 0 saturated carbocycles. The molecule has 1 N–H and O–H groups in total. The first kappa shape index (κ1) is 17.0. The summed E-state index contributed by atoms with van der Waals surface area (Å²) in [5.41, 5.74) is 2.45. The molecule has 0 bridgehead atoms. The van der Waals surface area contributed by atoms with Crippen LogP contribution in [0.2, 0.25) is 0 Å². The van der Waals surface area contributed by atoms with Crippen molar-refractivity contribution < 1.29 is 19.1 Å². The zero-order valence-electron chi connectivity index (χ0n) is 12.8. The van der Waals surface area contributed by atoms with Crippen molar-refractivity contribution in [2.24, 2.45) is 0 Å². The second-order valence-corrected chi connectivity index (χ2v) is 5.66. The number of hydrogen-bond acceptors (Lipinski definition) is 4. The molecule has 0 aliphatic carbocycles. The van der Waals surface area contributed by atoms with Gasteiger partial charge in [-0.25, -0.2) is 9.59 Å². The topological polar surface area (TPSA) is 64.6 Å². The summed E-state index contributed by atoms with van der Waals surface area (Å²) in [6.07, 6.45) is -0.597. The molecule has 120 valence electrons. The van der Waals surface area contributed by atoms with Gasteiger partial charge in [0.1, 0.15) is 6.61 Å². The van der Waals surface area contributed by atoms with Crippen LogP contribution in [-0.4, -0.2) is 19.2 Å². The van der Waals surface area contributed by atoms with Gasteiger partial charge in [0, 0.05) is 10.2 Å². The lowest BCUT2D eigenvalue weighted by atomic mass is 10.1. The van der Waals surface area contributed by atoms with Crippen LogP contribution in [0.25, 0.3) is 0 Å². The summed E-state index contributed by atoms with van der Waals surface area (Å²) in [5.74, 6) is -0.468. The molecular weight excluding hydrogens is 362 g/mol. The highest BCUT2D eigenvalue weighted by molar-refractivity contribution is 9.10. The number of amides is 1. The van der Waals surface area contributed by atoms with Crippen LogP contribution in [0.1, 0.15) is 21.5 Å². The number of carbonyl (C=O) groups excluding carboxylic acids is 2. The molecule has 23 heavy (non-hydrogen) atoms. The summed E-state index contributed by atoms with van der Waals surface area (Å²) in [5, 5.41) is 2.60. The number of anilines is 1. The molecule has 0 unspecified atom stereocenters. The number of nitrogens with one attached hydrogen (secondary N) is 1. The van der Waals surface area contributed by atoms with E-state index in [2.05, 4.69) is 21.2 Å². The Morgan fingerprint density at radius 1 is 1.17 bits per heavy atom. The smallest absolute Gasteiger partial charge is 0.411 e. The van der Waals surface area contributed by atoms with Gasteiger partial charge >= 0.3 is 12.1 Å². The third-order valence-corrected chi connectivity index (χ3v) is 4.03. The van der Waals surface area contributed by atoms with Gasteiger partial charge in [0.2, 0.25) is 0 Å². The predicted molar refractivity (Wildman–Crippen MR) is 90.5 cm³/mol. The van der Waals surface area contributed by atoms with Gasteiger partial charge < -0.3 is 9.47 Å². The number of benzene rings is 2. The summed E-state index contributed by atoms with van der Waals surface area (Å²) >= 11 is 3.36. The zero-order valence-corrected chi connectivity index (χ0v) is 14.3. The van der Waals surface area contributed by atoms with Crippen molar-refractivity contribution in [1.29, 1.82) is 0 Å². The van der Waals surface area contributed by atoms with E-state index < -0.39 is 12.1 Å². The van der Waals surface area contributed by atoms with E-state index in [1.165, 1.54) is 7.11 Å². The lowest BCUT2D eigenvalue weighted by molar-refractivity contribution is 0.0599. The van der Waals surface area contributed by atoms with Crippen LogP contribution in [0.15, 0.2) is 46.9 Å². The number of hydrogen-bond donors (Lipinski definition) is 1. The number of ether oxygens (including phenoxy) is 2. The van der Waals surface area contributed by atoms with Crippen molar-refractivity contribution in [2.45, 2.75) is 13.5 Å². The fourth-order valence-corrected chi connectivity index (χ4v) is 2.41. The molecule has 2 rings (SSSR count). The van der Waals surface area contributed by atoms with Crippen molar-refractivity contribution in [1.82, 2.24) is 0 Å². The average molecular weight is 378 g/mol. The third-order valence-electron chi connectivity index (χ3n) is 3.21. The van der Waals surface area contributed by atoms with Crippen LogP contribution >= 0.6 is 15.9 Å². The van der Waals surface area contributed by atoms with Crippen LogP contribution in [0, 0.1) is 6.92 Å². The summed E-state index contributed by atoms with van der Waals surface area (Å²) < 4.78 is 10.6. The minimum atomic E-state index is -0.597. The Morgan fingerprint density at radius 2 is 1.87 bits per heavy atom. The SMILES string of the molecule is COC(=O)c1cc(NC(=O)OCc2ccccc2)cc(Br)c1C. The molecular formula is C17H16BrNO4. The summed E-state index contributed by atoms with van der Waals surface area (Å²) in [6, 6.07) is 12.6. The Bertz CT molecular complexity index is 716. The van der Waals surface area contributed by atoms with Gasteiger partial charge in [0.25, 0.3) is 0 Å². The van der Waals surface area contributed by atoms with Crippen molar-refractivity contribution in [3.05, 3.63) is 63.6 Å². The largest absolute Gasteiger partial charge is 0.465 e. The molecule has 6 heteroatoms. The number of esters is 1. The van der Waals surface area contributed by atoms with Crippen LogP contribution in [0.3, 0.4) is 0 Å². The minimum absolute atomic E-state index is 0.170. The molecule has 0 spiro atoms. The van der Waals surface area contributed by atoms with Crippen LogP contribution < -0.4 is 5.32 Å². The molecule has 0 aliphatic rings. The number of methoxy groups -OCH3 is 1. The van der Waals surface area contributed by atoms with E-state index in [-0.39, 0.29) is 6.61 Å². The highest BCUT2D eigenvalue weighted by atomic mass is 79.9. The van der Waals surface area contributed by atoms with Gasteiger partial charge in [-0.1, -0.05) is 46.3 Å². The minimum Gasteiger partial charge on any atom is -0.465 e. The maximum Gasteiger partial charge on any atom is 0.411 e. The normalized spacial score (nSPS) is 10.0. The molecule has 2 aromatic rings.